The van der Waals surface area contributed by atoms with Crippen LogP contribution in [0.4, 0.5) is 11.4 Å². The average molecular weight is 503 g/mol. The van der Waals surface area contributed by atoms with Crippen LogP contribution in [0.1, 0.15) is 36.5 Å². The SMILES string of the molecule is CCOC(=O)CCCCOc1ccc(-c2nc3ccc(NC(=O)c4ccc([N+](=O)[O-])cc4)cc3[nH]2)cc1. The molecule has 0 saturated carbocycles. The third kappa shape index (κ3) is 6.69. The Morgan fingerprint density at radius 2 is 1.78 bits per heavy atom. The number of nitro benzene ring substituents is 1. The van der Waals surface area contributed by atoms with Crippen molar-refractivity contribution in [1.82, 2.24) is 9.97 Å². The second kappa shape index (κ2) is 11.8. The van der Waals surface area contributed by atoms with Gasteiger partial charge in [-0.25, -0.2) is 4.98 Å². The van der Waals surface area contributed by atoms with Gasteiger partial charge in [0.15, 0.2) is 0 Å². The predicted molar refractivity (Wildman–Crippen MR) is 139 cm³/mol. The van der Waals surface area contributed by atoms with Gasteiger partial charge in [0.1, 0.15) is 11.6 Å². The number of nitrogens with one attached hydrogen (secondary N) is 2. The van der Waals surface area contributed by atoms with Gasteiger partial charge in [0.25, 0.3) is 11.6 Å². The zero-order valence-electron chi connectivity index (χ0n) is 20.2. The van der Waals surface area contributed by atoms with E-state index >= 15 is 0 Å². The topological polar surface area (TPSA) is 136 Å². The first-order valence-corrected chi connectivity index (χ1v) is 11.9. The van der Waals surface area contributed by atoms with Crippen molar-refractivity contribution in [1.29, 1.82) is 0 Å². The largest absolute Gasteiger partial charge is 0.494 e. The second-order valence-corrected chi connectivity index (χ2v) is 8.21. The number of hydrogen-bond donors (Lipinski definition) is 2. The van der Waals surface area contributed by atoms with E-state index in [1.165, 1.54) is 24.3 Å². The molecule has 10 heteroatoms. The molecule has 1 amide bonds. The zero-order chi connectivity index (χ0) is 26.2. The van der Waals surface area contributed by atoms with E-state index in [4.69, 9.17) is 9.47 Å². The van der Waals surface area contributed by atoms with Crippen molar-refractivity contribution in [2.24, 2.45) is 0 Å². The number of ether oxygens (including phenoxy) is 2. The average Bonchev–Trinajstić information content (AvgIpc) is 3.32. The van der Waals surface area contributed by atoms with Gasteiger partial charge in [-0.2, -0.15) is 0 Å². The highest BCUT2D eigenvalue weighted by Gasteiger charge is 2.12. The molecule has 190 valence electrons. The number of carbonyl (C=O) groups excluding carboxylic acids is 2. The van der Waals surface area contributed by atoms with Crippen molar-refractivity contribution in [3.63, 3.8) is 0 Å². The Hall–Kier alpha value is -4.73. The molecule has 2 N–H and O–H groups in total. The molecular weight excluding hydrogens is 476 g/mol. The molecule has 10 nitrogen and oxygen atoms in total. The molecule has 0 saturated heterocycles. The predicted octanol–water partition coefficient (Wildman–Crippen LogP) is 5.50. The monoisotopic (exact) mass is 502 g/mol. The van der Waals surface area contributed by atoms with Crippen molar-refractivity contribution in [3.8, 4) is 17.1 Å². The van der Waals surface area contributed by atoms with E-state index in [1.807, 2.05) is 24.3 Å². The van der Waals surface area contributed by atoms with Gasteiger partial charge >= 0.3 is 5.97 Å². The lowest BCUT2D eigenvalue weighted by molar-refractivity contribution is -0.384. The van der Waals surface area contributed by atoms with Crippen LogP contribution >= 0.6 is 0 Å². The first-order valence-electron chi connectivity index (χ1n) is 11.9. The molecule has 1 aromatic heterocycles. The quantitative estimate of drug-likeness (QED) is 0.120. The van der Waals surface area contributed by atoms with Gasteiger partial charge in [0.2, 0.25) is 0 Å². The van der Waals surface area contributed by atoms with Gasteiger partial charge in [0.05, 0.1) is 29.2 Å². The Morgan fingerprint density at radius 1 is 1.03 bits per heavy atom. The fourth-order valence-electron chi connectivity index (χ4n) is 3.67. The summed E-state index contributed by atoms with van der Waals surface area (Å²) in [6, 6.07) is 18.3. The first kappa shape index (κ1) is 25.4. The highest BCUT2D eigenvalue weighted by molar-refractivity contribution is 6.05. The number of imidazole rings is 1. The third-order valence-corrected chi connectivity index (χ3v) is 5.56. The maximum absolute atomic E-state index is 12.5. The summed E-state index contributed by atoms with van der Waals surface area (Å²) in [5.41, 5.74) is 3.18. The van der Waals surface area contributed by atoms with E-state index in [2.05, 4.69) is 15.3 Å². The number of hydrogen-bond acceptors (Lipinski definition) is 7. The van der Waals surface area contributed by atoms with Gasteiger partial charge in [-0.05, 0) is 74.4 Å². The number of nitrogens with zero attached hydrogens (tertiary/aromatic N) is 2. The lowest BCUT2D eigenvalue weighted by Gasteiger charge is -2.06. The third-order valence-electron chi connectivity index (χ3n) is 5.56. The molecule has 0 atom stereocenters. The van der Waals surface area contributed by atoms with Gasteiger partial charge in [-0.3, -0.25) is 19.7 Å². The van der Waals surface area contributed by atoms with Crippen LogP contribution in [-0.2, 0) is 9.53 Å². The van der Waals surface area contributed by atoms with E-state index in [-0.39, 0.29) is 17.6 Å². The minimum atomic E-state index is -0.511. The van der Waals surface area contributed by atoms with Crippen LogP contribution < -0.4 is 10.1 Å². The van der Waals surface area contributed by atoms with E-state index < -0.39 is 4.92 Å². The number of non-ortho nitro benzene ring substituents is 1. The molecule has 0 spiro atoms. The molecule has 0 aliphatic heterocycles. The molecule has 4 rings (SSSR count). The smallest absolute Gasteiger partial charge is 0.305 e. The number of fused-ring (bicyclic) bond motifs is 1. The van der Waals surface area contributed by atoms with E-state index in [0.717, 1.165) is 28.8 Å². The second-order valence-electron chi connectivity index (χ2n) is 8.21. The number of aromatic amines is 1. The Bertz CT molecular complexity index is 1400. The van der Waals surface area contributed by atoms with Crippen LogP contribution in [0.5, 0.6) is 5.75 Å². The Kier molecular flexibility index (Phi) is 8.09. The fourth-order valence-corrected chi connectivity index (χ4v) is 3.67. The van der Waals surface area contributed by atoms with Crippen molar-refractivity contribution in [3.05, 3.63) is 82.4 Å². The van der Waals surface area contributed by atoms with Crippen molar-refractivity contribution < 1.29 is 24.0 Å². The van der Waals surface area contributed by atoms with Crippen LogP contribution in [0.15, 0.2) is 66.7 Å². The summed E-state index contributed by atoms with van der Waals surface area (Å²) in [7, 11) is 0. The lowest BCUT2D eigenvalue weighted by Crippen LogP contribution is -2.11. The molecule has 1 heterocycles. The summed E-state index contributed by atoms with van der Waals surface area (Å²) in [4.78, 5) is 42.0. The molecule has 0 aliphatic rings. The van der Waals surface area contributed by atoms with E-state index in [0.29, 0.717) is 43.1 Å². The number of esters is 1. The standard InChI is InChI=1S/C27H26N4O6/c1-2-36-25(32)5-3-4-16-37-22-13-8-18(9-14-22)26-29-23-15-10-20(17-24(23)30-26)28-27(33)19-6-11-21(12-7-19)31(34)35/h6-15,17H,2-5,16H2,1H3,(H,28,33)(H,29,30). The first-order chi connectivity index (χ1) is 17.9. The molecule has 0 aliphatic carbocycles. The fraction of sp³-hybridized carbons (Fsp3) is 0.222. The highest BCUT2D eigenvalue weighted by atomic mass is 16.6. The molecule has 0 fully saturated rings. The van der Waals surface area contributed by atoms with Crippen LogP contribution in [-0.4, -0.2) is 40.0 Å². The number of benzene rings is 3. The number of carbonyl (C=O) groups is 2. The molecular formula is C27H26N4O6. The van der Waals surface area contributed by atoms with Gasteiger partial charge in [-0.15, -0.1) is 0 Å². The molecule has 4 aromatic rings. The maximum Gasteiger partial charge on any atom is 0.305 e. The van der Waals surface area contributed by atoms with Crippen LogP contribution in [0, 0.1) is 10.1 Å². The number of nitro groups is 1. The highest BCUT2D eigenvalue weighted by Crippen LogP contribution is 2.25. The number of amides is 1. The number of aromatic nitrogens is 2. The van der Waals surface area contributed by atoms with Crippen molar-refractivity contribution >= 4 is 34.3 Å². The van der Waals surface area contributed by atoms with Crippen LogP contribution in [0.2, 0.25) is 0 Å². The summed E-state index contributed by atoms with van der Waals surface area (Å²) in [5.74, 6) is 0.851. The Morgan fingerprint density at radius 3 is 2.49 bits per heavy atom. The number of unbranched alkanes of at least 4 members (excludes halogenated alkanes) is 1. The Labute approximate surface area is 212 Å². The molecule has 37 heavy (non-hydrogen) atoms. The van der Waals surface area contributed by atoms with Gasteiger partial charge < -0.3 is 19.8 Å². The summed E-state index contributed by atoms with van der Waals surface area (Å²) in [6.07, 6.45) is 1.87. The molecule has 0 radical (unpaired) electrons. The summed E-state index contributed by atoms with van der Waals surface area (Å²) in [6.45, 7) is 2.70. The number of rotatable bonds is 11. The zero-order valence-corrected chi connectivity index (χ0v) is 20.2. The Balaban J connectivity index is 1.34. The van der Waals surface area contributed by atoms with Crippen LogP contribution in [0.25, 0.3) is 22.4 Å². The molecule has 0 bridgehead atoms. The maximum atomic E-state index is 12.5. The normalized spacial score (nSPS) is 10.7. The van der Waals surface area contributed by atoms with E-state index in [9.17, 15) is 19.7 Å². The molecule has 3 aromatic carbocycles. The van der Waals surface area contributed by atoms with Gasteiger partial charge in [0, 0.05) is 35.4 Å². The lowest BCUT2D eigenvalue weighted by atomic mass is 10.2. The number of anilines is 1. The van der Waals surface area contributed by atoms with E-state index in [1.54, 1.807) is 25.1 Å². The summed E-state index contributed by atoms with van der Waals surface area (Å²) in [5, 5.41) is 13.6. The number of H-pyrrole nitrogens is 1. The van der Waals surface area contributed by atoms with Crippen LogP contribution in [0.3, 0.4) is 0 Å². The summed E-state index contributed by atoms with van der Waals surface area (Å²) < 4.78 is 10.7. The van der Waals surface area contributed by atoms with Crippen molar-refractivity contribution in [2.75, 3.05) is 18.5 Å². The summed E-state index contributed by atoms with van der Waals surface area (Å²) >= 11 is 0. The molecule has 0 unspecified atom stereocenters. The minimum absolute atomic E-state index is 0.0754. The van der Waals surface area contributed by atoms with Crippen molar-refractivity contribution in [2.45, 2.75) is 26.2 Å². The van der Waals surface area contributed by atoms with Gasteiger partial charge in [-0.1, -0.05) is 0 Å². The minimum Gasteiger partial charge on any atom is -0.494 e.